The number of thioether (sulfide) groups is 1. The highest BCUT2D eigenvalue weighted by Gasteiger charge is 2.28. The molecule has 1 aliphatic heterocycles. The fourth-order valence-electron chi connectivity index (χ4n) is 4.12. The molecule has 3 amide bonds. The molecule has 0 aliphatic carbocycles. The lowest BCUT2D eigenvalue weighted by molar-refractivity contribution is -0.121. The topological polar surface area (TPSA) is 173 Å². The van der Waals surface area contributed by atoms with Crippen LogP contribution in [-0.2, 0) is 19.0 Å². The fourth-order valence-corrected chi connectivity index (χ4v) is 5.58. The number of hydrogen-bond donors (Lipinski definition) is 3. The maximum absolute atomic E-state index is 12.0. The summed E-state index contributed by atoms with van der Waals surface area (Å²) in [5, 5.41) is 21.9. The molecule has 0 saturated carbocycles. The van der Waals surface area contributed by atoms with E-state index in [2.05, 4.69) is 31.0 Å². The van der Waals surface area contributed by atoms with E-state index in [9.17, 15) is 9.59 Å². The van der Waals surface area contributed by atoms with E-state index in [1.807, 2.05) is 36.0 Å². The first-order valence-corrected chi connectivity index (χ1v) is 15.0. The van der Waals surface area contributed by atoms with Gasteiger partial charge in [0, 0.05) is 29.8 Å². The molecule has 1 aromatic heterocycles. The third-order valence-electron chi connectivity index (χ3n) is 6.18. The number of unbranched alkanes of at least 4 members (excludes halogenated alkanes) is 1. The van der Waals surface area contributed by atoms with Gasteiger partial charge in [-0.2, -0.15) is 11.8 Å². The van der Waals surface area contributed by atoms with Gasteiger partial charge in [0.2, 0.25) is 11.7 Å². The van der Waals surface area contributed by atoms with Gasteiger partial charge in [-0.15, -0.1) is 20.4 Å². The van der Waals surface area contributed by atoms with Crippen molar-refractivity contribution < 1.29 is 28.5 Å². The van der Waals surface area contributed by atoms with E-state index >= 15 is 0 Å². The quantitative estimate of drug-likeness (QED) is 0.192. The van der Waals surface area contributed by atoms with E-state index in [4.69, 9.17) is 24.7 Å². The number of rotatable bonds is 20. The van der Waals surface area contributed by atoms with Crippen LogP contribution in [0.15, 0.2) is 24.3 Å². The Morgan fingerprint density at radius 2 is 1.59 bits per heavy atom. The van der Waals surface area contributed by atoms with Gasteiger partial charge >= 0.3 is 6.03 Å². The zero-order chi connectivity index (χ0) is 29.1. The molecule has 0 spiro atoms. The van der Waals surface area contributed by atoms with Crippen LogP contribution in [0, 0.1) is 6.92 Å². The summed E-state index contributed by atoms with van der Waals surface area (Å²) >= 11 is 1.87. The predicted molar refractivity (Wildman–Crippen MR) is 155 cm³/mol. The number of nitrogens with one attached hydrogen (secondary N) is 2. The van der Waals surface area contributed by atoms with E-state index in [0.717, 1.165) is 42.7 Å². The number of nitrogens with two attached hydrogens (primary N) is 1. The van der Waals surface area contributed by atoms with Gasteiger partial charge in [0.1, 0.15) is 12.4 Å². The normalized spacial score (nSPS) is 16.4. The molecular formula is C27H41N7O6S. The molecule has 2 atom stereocenters. The third kappa shape index (κ3) is 13.4. The monoisotopic (exact) mass is 591 g/mol. The van der Waals surface area contributed by atoms with Crippen LogP contribution in [0.3, 0.4) is 0 Å². The first kappa shape index (κ1) is 32.4. The molecule has 2 unspecified atom stereocenters. The summed E-state index contributed by atoms with van der Waals surface area (Å²) in [6.07, 6.45) is 4.19. The molecule has 1 aromatic carbocycles. The molecule has 1 saturated heterocycles. The minimum atomic E-state index is -0.464. The maximum atomic E-state index is 12.0. The molecule has 3 rings (SSSR count). The zero-order valence-corrected chi connectivity index (χ0v) is 24.4. The second-order valence-corrected chi connectivity index (χ2v) is 10.7. The number of nitrogens with zero attached hydrogens (tertiary/aromatic N) is 4. The van der Waals surface area contributed by atoms with Crippen LogP contribution >= 0.6 is 11.8 Å². The van der Waals surface area contributed by atoms with Gasteiger partial charge in [-0.3, -0.25) is 4.79 Å². The number of primary amides is 1. The smallest absolute Gasteiger partial charge is 0.312 e. The molecule has 13 nitrogen and oxygen atoms in total. The summed E-state index contributed by atoms with van der Waals surface area (Å²) in [5.41, 5.74) is 6.05. The minimum absolute atomic E-state index is 0.0285. The van der Waals surface area contributed by atoms with Gasteiger partial charge in [0.15, 0.2) is 5.82 Å². The largest absolute Gasteiger partial charge is 0.491 e. The average Bonchev–Trinajstić information content (AvgIpc) is 3.40. The van der Waals surface area contributed by atoms with E-state index in [1.165, 1.54) is 0 Å². The minimum Gasteiger partial charge on any atom is -0.491 e. The Kier molecular flexibility index (Phi) is 15.1. The van der Waals surface area contributed by atoms with Gasteiger partial charge in [0.25, 0.3) is 0 Å². The van der Waals surface area contributed by atoms with Gasteiger partial charge in [-0.25, -0.2) is 4.79 Å². The second-order valence-electron chi connectivity index (χ2n) is 9.39. The van der Waals surface area contributed by atoms with Crippen molar-refractivity contribution in [1.82, 2.24) is 31.0 Å². The Morgan fingerprint density at radius 3 is 2.27 bits per heavy atom. The van der Waals surface area contributed by atoms with Crippen LogP contribution in [0.4, 0.5) is 4.79 Å². The number of carbonyl (C=O) groups excluding carboxylic acids is 2. The Bertz CT molecular complexity index is 1030. The Labute approximate surface area is 245 Å². The van der Waals surface area contributed by atoms with Crippen molar-refractivity contribution in [1.29, 1.82) is 0 Å². The third-order valence-corrected chi connectivity index (χ3v) is 7.64. The Hall–Kier alpha value is -3.07. The predicted octanol–water partition coefficient (Wildman–Crippen LogP) is 1.89. The number of hydrogen-bond acceptors (Lipinski definition) is 11. The van der Waals surface area contributed by atoms with E-state index < -0.39 is 6.03 Å². The van der Waals surface area contributed by atoms with Crippen molar-refractivity contribution in [2.45, 2.75) is 50.3 Å². The van der Waals surface area contributed by atoms with Crippen LogP contribution in [-0.4, -0.2) is 102 Å². The highest BCUT2D eigenvalue weighted by atomic mass is 32.2. The molecule has 1 aliphatic rings. The van der Waals surface area contributed by atoms with Crippen molar-refractivity contribution >= 4 is 23.7 Å². The summed E-state index contributed by atoms with van der Waals surface area (Å²) in [6, 6.07) is 7.08. The number of urea groups is 1. The summed E-state index contributed by atoms with van der Waals surface area (Å²) < 4.78 is 22.2. The molecule has 2 heterocycles. The summed E-state index contributed by atoms with van der Waals surface area (Å²) in [5.74, 6) is 2.78. The molecule has 226 valence electrons. The molecule has 0 radical (unpaired) electrons. The number of aryl methyl sites for hydroxylation is 1. The van der Waals surface area contributed by atoms with Gasteiger partial charge < -0.3 is 35.3 Å². The molecule has 0 bridgehead atoms. The van der Waals surface area contributed by atoms with E-state index in [1.54, 1.807) is 6.92 Å². The Balaban J connectivity index is 1.07. The van der Waals surface area contributed by atoms with E-state index in [-0.39, 0.29) is 11.9 Å². The van der Waals surface area contributed by atoms with Crippen LogP contribution < -0.4 is 21.1 Å². The number of aromatic nitrogens is 4. The summed E-state index contributed by atoms with van der Waals surface area (Å²) in [4.78, 5) is 23.1. The van der Waals surface area contributed by atoms with Crippen molar-refractivity contribution in [2.24, 2.45) is 5.73 Å². The first-order valence-electron chi connectivity index (χ1n) is 14.0. The Morgan fingerprint density at radius 1 is 0.927 bits per heavy atom. The number of amides is 3. The molecule has 41 heavy (non-hydrogen) atoms. The second kappa shape index (κ2) is 19.1. The van der Waals surface area contributed by atoms with Crippen molar-refractivity contribution in [3.8, 4) is 17.1 Å². The van der Waals surface area contributed by atoms with Gasteiger partial charge in [-0.1, -0.05) is 6.42 Å². The number of carbonyl (C=O) groups is 2. The summed E-state index contributed by atoms with van der Waals surface area (Å²) in [7, 11) is 0. The first-order chi connectivity index (χ1) is 20.0. The molecule has 2 aromatic rings. The van der Waals surface area contributed by atoms with E-state index in [0.29, 0.717) is 76.1 Å². The van der Waals surface area contributed by atoms with Crippen molar-refractivity contribution in [3.63, 3.8) is 0 Å². The highest BCUT2D eigenvalue weighted by Crippen LogP contribution is 2.30. The molecule has 14 heteroatoms. The SMILES string of the molecule is Cc1nnc(-c2ccc(OCCOCCOCCOCCNC(=O)CCCCC3SCCC3NC(N)=O)cc2)nn1. The van der Waals surface area contributed by atoms with Gasteiger partial charge in [-0.05, 0) is 56.2 Å². The lowest BCUT2D eigenvalue weighted by Gasteiger charge is -2.18. The van der Waals surface area contributed by atoms with Crippen LogP contribution in [0.1, 0.15) is 37.9 Å². The maximum Gasteiger partial charge on any atom is 0.312 e. The van der Waals surface area contributed by atoms with Crippen LogP contribution in [0.5, 0.6) is 5.75 Å². The highest BCUT2D eigenvalue weighted by molar-refractivity contribution is 8.00. The van der Waals surface area contributed by atoms with Crippen LogP contribution in [0.25, 0.3) is 11.4 Å². The fraction of sp³-hybridized carbons (Fsp3) is 0.630. The lowest BCUT2D eigenvalue weighted by atomic mass is 10.0. The molecule has 1 fully saturated rings. The van der Waals surface area contributed by atoms with Crippen molar-refractivity contribution in [2.75, 3.05) is 58.5 Å². The van der Waals surface area contributed by atoms with Crippen molar-refractivity contribution in [3.05, 3.63) is 30.1 Å². The standard InChI is InChI=1S/C27H41N7O6S/c1-20-31-33-26(34-32-20)21-6-8-22(9-7-21)40-18-17-39-16-15-38-14-13-37-12-11-29-25(35)5-3-2-4-24-23(10-19-41-24)30-27(28)36/h6-9,23-24H,2-5,10-19H2,1H3,(H,29,35)(H3,28,30,36). The average molecular weight is 592 g/mol. The molecule has 4 N–H and O–H groups in total. The van der Waals surface area contributed by atoms with Gasteiger partial charge in [0.05, 0.1) is 39.6 Å². The summed E-state index contributed by atoms with van der Waals surface area (Å²) in [6.45, 7) is 5.36. The number of ether oxygens (including phenoxy) is 4. The van der Waals surface area contributed by atoms with Crippen LogP contribution in [0.2, 0.25) is 0 Å². The zero-order valence-electron chi connectivity index (χ0n) is 23.6. The lowest BCUT2D eigenvalue weighted by Crippen LogP contribution is -2.42. The number of benzene rings is 1. The molecular weight excluding hydrogens is 550 g/mol.